The Morgan fingerprint density at radius 3 is 2.25 bits per heavy atom. The highest BCUT2D eigenvalue weighted by Gasteiger charge is 2.16. The van der Waals surface area contributed by atoms with Crippen LogP contribution in [0.1, 0.15) is 20.7 Å². The van der Waals surface area contributed by atoms with Gasteiger partial charge in [-0.15, -0.1) is 0 Å². The molecule has 1 heterocycles. The molecule has 2 rings (SSSR count). The zero-order chi connectivity index (χ0) is 14.7. The zero-order valence-corrected chi connectivity index (χ0v) is 13.4. The van der Waals surface area contributed by atoms with Gasteiger partial charge in [-0.3, -0.25) is 4.79 Å². The van der Waals surface area contributed by atoms with Crippen molar-refractivity contribution in [3.8, 4) is 0 Å². The van der Waals surface area contributed by atoms with Crippen molar-refractivity contribution in [2.75, 3.05) is 0 Å². The van der Waals surface area contributed by atoms with Crippen molar-refractivity contribution in [3.05, 3.63) is 62.8 Å². The lowest BCUT2D eigenvalue weighted by atomic mass is 10.1. The van der Waals surface area contributed by atoms with Gasteiger partial charge in [0.25, 0.3) is 0 Å². The van der Waals surface area contributed by atoms with E-state index in [-0.39, 0.29) is 17.9 Å². The van der Waals surface area contributed by atoms with E-state index >= 15 is 0 Å². The highest BCUT2D eigenvalue weighted by atomic mass is 79.9. The van der Waals surface area contributed by atoms with Gasteiger partial charge in [0, 0.05) is 10.0 Å². The first kappa shape index (κ1) is 14.9. The maximum Gasteiger partial charge on any atom is 0.341 e. The van der Waals surface area contributed by atoms with Crippen LogP contribution in [0, 0.1) is 0 Å². The summed E-state index contributed by atoms with van der Waals surface area (Å²) in [6, 6.07) is 8.53. The van der Waals surface area contributed by atoms with Gasteiger partial charge in [0.1, 0.15) is 5.56 Å². The lowest BCUT2D eigenvalue weighted by Gasteiger charge is -2.00. The minimum Gasteiger partial charge on any atom is -0.477 e. The van der Waals surface area contributed by atoms with Crippen LogP contribution in [0.5, 0.6) is 0 Å². The summed E-state index contributed by atoms with van der Waals surface area (Å²) in [4.78, 5) is 23.1. The molecule has 1 aromatic heterocycles. The Bertz CT molecular complexity index is 669. The number of aromatic carboxylic acids is 1. The lowest BCUT2D eigenvalue weighted by Crippen LogP contribution is -2.38. The average molecular weight is 400 g/mol. The van der Waals surface area contributed by atoms with E-state index in [4.69, 9.17) is 5.11 Å². The largest absolute Gasteiger partial charge is 0.477 e. The van der Waals surface area contributed by atoms with Crippen LogP contribution in [0.15, 0.2) is 51.7 Å². The van der Waals surface area contributed by atoms with E-state index in [9.17, 15) is 9.59 Å². The number of aromatic nitrogens is 1. The molecule has 0 bridgehead atoms. The molecule has 4 nitrogen and oxygen atoms in total. The van der Waals surface area contributed by atoms with Gasteiger partial charge in [-0.1, -0.05) is 28.1 Å². The summed E-state index contributed by atoms with van der Waals surface area (Å²) >= 11 is 6.54. The molecule has 0 spiro atoms. The fourth-order valence-electron chi connectivity index (χ4n) is 1.70. The number of rotatable bonds is 4. The Kier molecular flexibility index (Phi) is 4.67. The Balaban J connectivity index is 2.23. The third-order valence-corrected chi connectivity index (χ3v) is 3.59. The second-order valence-electron chi connectivity index (χ2n) is 4.15. The second-order valence-corrected chi connectivity index (χ2v) is 5.98. The van der Waals surface area contributed by atoms with E-state index in [0.717, 1.165) is 4.47 Å². The average Bonchev–Trinajstić information content (AvgIpc) is 2.38. The monoisotopic (exact) mass is 398 g/mol. The number of benzene rings is 1. The van der Waals surface area contributed by atoms with Gasteiger partial charge in [-0.2, -0.15) is 4.57 Å². The molecule has 0 amide bonds. The number of carbonyl (C=O) groups excluding carboxylic acids is 1. The summed E-state index contributed by atoms with van der Waals surface area (Å²) in [5, 5.41) is 8.99. The number of hydrogen-bond acceptors (Lipinski definition) is 2. The predicted molar refractivity (Wildman–Crippen MR) is 79.8 cm³/mol. The van der Waals surface area contributed by atoms with Crippen molar-refractivity contribution < 1.29 is 19.3 Å². The van der Waals surface area contributed by atoms with Gasteiger partial charge in [-0.25, -0.2) is 4.79 Å². The third kappa shape index (κ3) is 3.74. The maximum atomic E-state index is 12.1. The van der Waals surface area contributed by atoms with Crippen molar-refractivity contribution in [2.45, 2.75) is 6.54 Å². The summed E-state index contributed by atoms with van der Waals surface area (Å²) in [7, 11) is 0. The molecular formula is C14H10Br2NO3+. The molecule has 0 atom stereocenters. The number of hydrogen-bond donors (Lipinski definition) is 1. The van der Waals surface area contributed by atoms with E-state index in [1.807, 2.05) is 0 Å². The standard InChI is InChI=1S/C14H9Br2NO3/c15-11-3-1-9(2-4-11)13(18)8-17-6-10(14(19)20)5-12(16)7-17/h1-7H,8H2/p+1. The molecule has 0 aliphatic rings. The molecule has 0 fully saturated rings. The minimum atomic E-state index is -1.03. The molecule has 0 aliphatic heterocycles. The van der Waals surface area contributed by atoms with Crippen LogP contribution in [0.4, 0.5) is 0 Å². The summed E-state index contributed by atoms with van der Waals surface area (Å²) < 4.78 is 3.07. The van der Waals surface area contributed by atoms with Crippen LogP contribution in [-0.4, -0.2) is 16.9 Å². The smallest absolute Gasteiger partial charge is 0.341 e. The number of pyridine rings is 1. The van der Waals surface area contributed by atoms with Crippen LogP contribution in [0.2, 0.25) is 0 Å². The quantitative estimate of drug-likeness (QED) is 0.634. The topological polar surface area (TPSA) is 58.2 Å². The molecule has 0 unspecified atom stereocenters. The Morgan fingerprint density at radius 2 is 1.65 bits per heavy atom. The summed E-state index contributed by atoms with van der Waals surface area (Å²) in [5.41, 5.74) is 0.709. The van der Waals surface area contributed by atoms with E-state index in [2.05, 4.69) is 31.9 Å². The molecule has 20 heavy (non-hydrogen) atoms. The molecule has 6 heteroatoms. The van der Waals surface area contributed by atoms with Gasteiger partial charge >= 0.3 is 5.97 Å². The molecule has 102 valence electrons. The van der Waals surface area contributed by atoms with Gasteiger partial charge in [0.2, 0.25) is 12.3 Å². The number of carboxylic acid groups (broad SMARTS) is 1. The number of nitrogens with zero attached hydrogens (tertiary/aromatic N) is 1. The van der Waals surface area contributed by atoms with E-state index in [1.165, 1.54) is 12.3 Å². The van der Waals surface area contributed by atoms with Crippen LogP contribution < -0.4 is 4.57 Å². The van der Waals surface area contributed by atoms with Crippen molar-refractivity contribution in [3.63, 3.8) is 0 Å². The number of carbonyl (C=O) groups is 2. The van der Waals surface area contributed by atoms with E-state index in [1.54, 1.807) is 35.0 Å². The molecule has 0 saturated heterocycles. The van der Waals surface area contributed by atoms with Crippen molar-refractivity contribution >= 4 is 43.6 Å². The van der Waals surface area contributed by atoms with Crippen molar-refractivity contribution in [1.82, 2.24) is 0 Å². The van der Waals surface area contributed by atoms with Crippen LogP contribution in [0.25, 0.3) is 0 Å². The fourth-order valence-corrected chi connectivity index (χ4v) is 2.47. The van der Waals surface area contributed by atoms with Gasteiger partial charge in [0.15, 0.2) is 12.4 Å². The molecule has 0 saturated carbocycles. The van der Waals surface area contributed by atoms with Crippen LogP contribution in [-0.2, 0) is 6.54 Å². The van der Waals surface area contributed by atoms with E-state index in [0.29, 0.717) is 10.0 Å². The highest BCUT2D eigenvalue weighted by molar-refractivity contribution is 9.10. The number of carboxylic acids is 1. The molecule has 1 aromatic carbocycles. The Labute approximate surface area is 132 Å². The highest BCUT2D eigenvalue weighted by Crippen LogP contribution is 2.12. The third-order valence-electron chi connectivity index (χ3n) is 2.63. The molecule has 0 aliphatic carbocycles. The molecule has 2 aromatic rings. The number of ketones is 1. The molecular weight excluding hydrogens is 390 g/mol. The fraction of sp³-hybridized carbons (Fsp3) is 0.0714. The first-order valence-electron chi connectivity index (χ1n) is 5.67. The van der Waals surface area contributed by atoms with Gasteiger partial charge in [-0.05, 0) is 34.1 Å². The van der Waals surface area contributed by atoms with Crippen molar-refractivity contribution in [1.29, 1.82) is 0 Å². The number of Topliss-reactive ketones (excluding diaryl/α,β-unsaturated/α-hetero) is 1. The maximum absolute atomic E-state index is 12.1. The predicted octanol–water partition coefficient (Wildman–Crippen LogP) is 3.08. The van der Waals surface area contributed by atoms with Gasteiger partial charge < -0.3 is 5.11 Å². The summed E-state index contributed by atoms with van der Waals surface area (Å²) in [6.07, 6.45) is 3.10. The first-order chi connectivity index (χ1) is 9.45. The van der Waals surface area contributed by atoms with E-state index < -0.39 is 5.97 Å². The molecule has 0 radical (unpaired) electrons. The normalized spacial score (nSPS) is 10.3. The molecule has 1 N–H and O–H groups in total. The summed E-state index contributed by atoms with van der Waals surface area (Å²) in [6.45, 7) is 0.0847. The second kappa shape index (κ2) is 6.28. The summed E-state index contributed by atoms with van der Waals surface area (Å²) in [5.74, 6) is -1.12. The SMILES string of the molecule is O=C(O)c1cc(Br)c[n+](CC(=O)c2ccc(Br)cc2)c1. The van der Waals surface area contributed by atoms with Crippen molar-refractivity contribution in [2.24, 2.45) is 0 Å². The Hall–Kier alpha value is -1.53. The zero-order valence-electron chi connectivity index (χ0n) is 10.2. The van der Waals surface area contributed by atoms with Gasteiger partial charge in [0.05, 0.1) is 4.47 Å². The lowest BCUT2D eigenvalue weighted by molar-refractivity contribution is -0.683. The number of halogens is 2. The van der Waals surface area contributed by atoms with Crippen LogP contribution in [0.3, 0.4) is 0 Å². The Morgan fingerprint density at radius 1 is 1.00 bits per heavy atom. The minimum absolute atomic E-state index is 0.0847. The first-order valence-corrected chi connectivity index (χ1v) is 7.26. The van der Waals surface area contributed by atoms with Crippen LogP contribution >= 0.6 is 31.9 Å².